The summed E-state index contributed by atoms with van der Waals surface area (Å²) in [5, 5.41) is 6.69. The number of benzene rings is 1. The van der Waals surface area contributed by atoms with Crippen LogP contribution < -0.4 is 5.32 Å². The molecule has 0 aliphatic carbocycles. The van der Waals surface area contributed by atoms with Crippen molar-refractivity contribution >= 4 is 23.5 Å². The van der Waals surface area contributed by atoms with Crippen LogP contribution in [0.4, 0.5) is 10.2 Å². The van der Waals surface area contributed by atoms with Crippen LogP contribution in [0.25, 0.3) is 0 Å². The Morgan fingerprint density at radius 2 is 2.09 bits per heavy atom. The monoisotopic (exact) mass is 321 g/mol. The topological polar surface area (TPSA) is 46.9 Å². The molecule has 0 unspecified atom stereocenters. The third-order valence-electron chi connectivity index (χ3n) is 3.44. The summed E-state index contributed by atoms with van der Waals surface area (Å²) in [5.74, 6) is 0.190. The quantitative estimate of drug-likeness (QED) is 0.814. The van der Waals surface area contributed by atoms with Crippen molar-refractivity contribution in [3.05, 3.63) is 42.3 Å². The van der Waals surface area contributed by atoms with E-state index in [-0.39, 0.29) is 17.8 Å². The molecule has 0 fully saturated rings. The lowest BCUT2D eigenvalue weighted by atomic mass is 10.3. The number of amides is 1. The largest absolute Gasteiger partial charge is 0.310 e. The minimum Gasteiger partial charge on any atom is -0.310 e. The fourth-order valence-electron chi connectivity index (χ4n) is 1.95. The van der Waals surface area contributed by atoms with Crippen LogP contribution in [0, 0.1) is 5.82 Å². The average Bonchev–Trinajstić information content (AvgIpc) is 2.96. The Hall–Kier alpha value is -1.82. The first-order valence-electron chi connectivity index (χ1n) is 7.28. The van der Waals surface area contributed by atoms with Gasteiger partial charge in [0.1, 0.15) is 11.6 Å². The van der Waals surface area contributed by atoms with E-state index in [0.29, 0.717) is 10.7 Å². The molecule has 2 atom stereocenters. The number of halogens is 1. The molecule has 1 aromatic carbocycles. The second kappa shape index (κ2) is 7.45. The van der Waals surface area contributed by atoms with Crippen molar-refractivity contribution in [2.75, 3.05) is 5.32 Å². The maximum absolute atomic E-state index is 13.6. The summed E-state index contributed by atoms with van der Waals surface area (Å²) in [4.78, 5) is 12.8. The van der Waals surface area contributed by atoms with Gasteiger partial charge in [0.15, 0.2) is 0 Å². The van der Waals surface area contributed by atoms with E-state index in [1.165, 1.54) is 17.8 Å². The lowest BCUT2D eigenvalue weighted by Gasteiger charge is -2.16. The number of hydrogen-bond donors (Lipinski definition) is 1. The predicted octanol–water partition coefficient (Wildman–Crippen LogP) is 4.11. The molecule has 0 saturated heterocycles. The zero-order valence-electron chi connectivity index (χ0n) is 12.9. The van der Waals surface area contributed by atoms with Crippen LogP contribution in [0.1, 0.15) is 33.2 Å². The van der Waals surface area contributed by atoms with E-state index in [9.17, 15) is 9.18 Å². The maximum Gasteiger partial charge on any atom is 0.238 e. The lowest BCUT2D eigenvalue weighted by molar-refractivity contribution is -0.115. The van der Waals surface area contributed by atoms with Crippen LogP contribution in [-0.4, -0.2) is 20.9 Å². The Bertz CT molecular complexity index is 644. The van der Waals surface area contributed by atoms with Gasteiger partial charge in [0, 0.05) is 11.0 Å². The smallest absolute Gasteiger partial charge is 0.238 e. The number of nitrogens with one attached hydrogen (secondary N) is 1. The van der Waals surface area contributed by atoms with Crippen molar-refractivity contribution in [3.8, 4) is 0 Å². The van der Waals surface area contributed by atoms with Crippen molar-refractivity contribution < 1.29 is 9.18 Å². The van der Waals surface area contributed by atoms with Crippen LogP contribution in [0.15, 0.2) is 41.4 Å². The lowest BCUT2D eigenvalue weighted by Crippen LogP contribution is -2.24. The van der Waals surface area contributed by atoms with Crippen LogP contribution >= 0.6 is 11.8 Å². The standard InChI is InChI=1S/C16H20FN3OS/c1-4-11(2)20-15(9-10-18-20)19-16(21)12(3)22-14-8-6-5-7-13(14)17/h5-12H,4H2,1-3H3,(H,19,21)/t11-,12-/m1/s1. The van der Waals surface area contributed by atoms with E-state index in [2.05, 4.69) is 17.3 Å². The molecule has 0 aliphatic rings. The summed E-state index contributed by atoms with van der Waals surface area (Å²) < 4.78 is 15.4. The highest BCUT2D eigenvalue weighted by Gasteiger charge is 2.18. The Morgan fingerprint density at radius 1 is 1.36 bits per heavy atom. The van der Waals surface area contributed by atoms with Gasteiger partial charge in [0.25, 0.3) is 0 Å². The molecule has 1 aromatic heterocycles. The molecule has 2 aromatic rings. The number of aromatic nitrogens is 2. The zero-order chi connectivity index (χ0) is 16.1. The van der Waals surface area contributed by atoms with E-state index >= 15 is 0 Å². The van der Waals surface area contributed by atoms with Crippen LogP contribution in [0.2, 0.25) is 0 Å². The van der Waals surface area contributed by atoms with Gasteiger partial charge < -0.3 is 5.32 Å². The van der Waals surface area contributed by atoms with Gasteiger partial charge in [-0.05, 0) is 32.4 Å². The molecule has 22 heavy (non-hydrogen) atoms. The normalized spacial score (nSPS) is 13.6. The molecule has 0 radical (unpaired) electrons. The number of nitrogens with zero attached hydrogens (tertiary/aromatic N) is 2. The summed E-state index contributed by atoms with van der Waals surface area (Å²) in [6, 6.07) is 8.44. The number of thioether (sulfide) groups is 1. The molecular formula is C16H20FN3OS. The van der Waals surface area contributed by atoms with E-state index in [1.54, 1.807) is 42.1 Å². The van der Waals surface area contributed by atoms with Crippen molar-refractivity contribution in [3.63, 3.8) is 0 Å². The fraction of sp³-hybridized carbons (Fsp3) is 0.375. The Balaban J connectivity index is 2.03. The van der Waals surface area contributed by atoms with Crippen LogP contribution in [0.5, 0.6) is 0 Å². The highest BCUT2D eigenvalue weighted by atomic mass is 32.2. The molecule has 0 spiro atoms. The van der Waals surface area contributed by atoms with Gasteiger partial charge in [-0.15, -0.1) is 11.8 Å². The molecule has 0 saturated carbocycles. The second-order valence-electron chi connectivity index (χ2n) is 5.10. The number of carbonyl (C=O) groups excluding carboxylic acids is 1. The number of carbonyl (C=O) groups is 1. The molecule has 6 heteroatoms. The van der Waals surface area contributed by atoms with Gasteiger partial charge in [0.2, 0.25) is 5.91 Å². The molecule has 1 amide bonds. The van der Waals surface area contributed by atoms with Gasteiger partial charge >= 0.3 is 0 Å². The van der Waals surface area contributed by atoms with Crippen molar-refractivity contribution in [1.82, 2.24) is 9.78 Å². The Morgan fingerprint density at radius 3 is 2.77 bits per heavy atom. The van der Waals surface area contributed by atoms with Gasteiger partial charge in [-0.25, -0.2) is 9.07 Å². The van der Waals surface area contributed by atoms with Gasteiger partial charge in [-0.3, -0.25) is 4.79 Å². The summed E-state index contributed by atoms with van der Waals surface area (Å²) >= 11 is 1.20. The average molecular weight is 321 g/mol. The third-order valence-corrected chi connectivity index (χ3v) is 4.59. The number of hydrogen-bond acceptors (Lipinski definition) is 3. The molecule has 4 nitrogen and oxygen atoms in total. The van der Waals surface area contributed by atoms with E-state index in [0.717, 1.165) is 6.42 Å². The summed E-state index contributed by atoms with van der Waals surface area (Å²) in [6.45, 7) is 5.87. The molecule has 1 N–H and O–H groups in total. The van der Waals surface area contributed by atoms with Crippen molar-refractivity contribution in [2.45, 2.75) is 43.4 Å². The highest BCUT2D eigenvalue weighted by Crippen LogP contribution is 2.27. The number of anilines is 1. The van der Waals surface area contributed by atoms with Gasteiger partial charge in [-0.1, -0.05) is 19.1 Å². The molecule has 1 heterocycles. The van der Waals surface area contributed by atoms with Crippen LogP contribution in [0.3, 0.4) is 0 Å². The molecule has 118 valence electrons. The first-order valence-corrected chi connectivity index (χ1v) is 8.16. The summed E-state index contributed by atoms with van der Waals surface area (Å²) in [5.41, 5.74) is 0. The van der Waals surface area contributed by atoms with Gasteiger partial charge in [-0.2, -0.15) is 5.10 Å². The van der Waals surface area contributed by atoms with E-state index < -0.39 is 5.25 Å². The first-order chi connectivity index (χ1) is 10.5. The van der Waals surface area contributed by atoms with Gasteiger partial charge in [0.05, 0.1) is 17.5 Å². The fourth-order valence-corrected chi connectivity index (χ4v) is 2.83. The second-order valence-corrected chi connectivity index (χ2v) is 6.48. The molecule has 2 rings (SSSR count). The van der Waals surface area contributed by atoms with E-state index in [4.69, 9.17) is 0 Å². The minimum atomic E-state index is -0.405. The Labute approximate surface area is 134 Å². The minimum absolute atomic E-state index is 0.168. The molecular weight excluding hydrogens is 301 g/mol. The third kappa shape index (κ3) is 3.88. The maximum atomic E-state index is 13.6. The molecule has 0 aliphatic heterocycles. The Kier molecular flexibility index (Phi) is 5.60. The zero-order valence-corrected chi connectivity index (χ0v) is 13.7. The van der Waals surface area contributed by atoms with Crippen molar-refractivity contribution in [1.29, 1.82) is 0 Å². The van der Waals surface area contributed by atoms with Crippen molar-refractivity contribution in [2.24, 2.45) is 0 Å². The molecule has 0 bridgehead atoms. The number of rotatable bonds is 6. The predicted molar refractivity (Wildman–Crippen MR) is 87.6 cm³/mol. The highest BCUT2D eigenvalue weighted by molar-refractivity contribution is 8.00. The summed E-state index contributed by atoms with van der Waals surface area (Å²) in [6.07, 6.45) is 2.58. The summed E-state index contributed by atoms with van der Waals surface area (Å²) in [7, 11) is 0. The van der Waals surface area contributed by atoms with E-state index in [1.807, 2.05) is 6.92 Å². The van der Waals surface area contributed by atoms with Crippen LogP contribution in [-0.2, 0) is 4.79 Å². The SMILES string of the molecule is CC[C@@H](C)n1nccc1NC(=O)[C@@H](C)Sc1ccccc1F. The first kappa shape index (κ1) is 16.5.